The van der Waals surface area contributed by atoms with Crippen LogP contribution in [0, 0.1) is 6.92 Å². The van der Waals surface area contributed by atoms with Gasteiger partial charge >= 0.3 is 0 Å². The summed E-state index contributed by atoms with van der Waals surface area (Å²) in [7, 11) is 1.94. The number of nitrogens with one attached hydrogen (secondary N) is 3. The van der Waals surface area contributed by atoms with E-state index >= 15 is 0 Å². The number of allylic oxidation sites excluding steroid dienone is 1. The molecule has 4 nitrogen and oxygen atoms in total. The van der Waals surface area contributed by atoms with Crippen molar-refractivity contribution >= 4 is 0 Å². The topological polar surface area (TPSA) is 49.0 Å². The van der Waals surface area contributed by atoms with Crippen molar-refractivity contribution in [1.29, 1.82) is 0 Å². The summed E-state index contributed by atoms with van der Waals surface area (Å²) in [6.07, 6.45) is 7.12. The van der Waals surface area contributed by atoms with E-state index in [9.17, 15) is 0 Å². The maximum Gasteiger partial charge on any atom is 0.0814 e. The first-order valence-corrected chi connectivity index (χ1v) is 8.06. The quantitative estimate of drug-likeness (QED) is 0.378. The van der Waals surface area contributed by atoms with Gasteiger partial charge in [-0.25, -0.2) is 5.43 Å². The smallest absolute Gasteiger partial charge is 0.0814 e. The summed E-state index contributed by atoms with van der Waals surface area (Å²) >= 11 is 0. The average Bonchev–Trinajstić information content (AvgIpc) is 2.59. The van der Waals surface area contributed by atoms with Gasteiger partial charge in [0.15, 0.2) is 0 Å². The largest absolute Gasteiger partial charge is 0.318 e. The Kier molecular flexibility index (Phi) is 7.46. The predicted octanol–water partition coefficient (Wildman–Crippen LogP) is 2.54. The third-order valence-corrected chi connectivity index (χ3v) is 3.69. The zero-order valence-corrected chi connectivity index (χ0v) is 13.9. The maximum atomic E-state index is 4.45. The van der Waals surface area contributed by atoms with Crippen molar-refractivity contribution in [2.24, 2.45) is 0 Å². The molecule has 3 N–H and O–H groups in total. The molecule has 0 bridgehead atoms. The van der Waals surface area contributed by atoms with E-state index in [1.165, 1.54) is 11.1 Å². The Balaban J connectivity index is 1.99. The average molecular weight is 310 g/mol. The monoisotopic (exact) mass is 310 g/mol. The lowest BCUT2D eigenvalue weighted by Gasteiger charge is -2.15. The molecule has 1 aromatic carbocycles. The lowest BCUT2D eigenvalue weighted by atomic mass is 10.0. The molecule has 0 spiro atoms. The zero-order valence-electron chi connectivity index (χ0n) is 13.9. The van der Waals surface area contributed by atoms with Gasteiger partial charge in [0.25, 0.3) is 0 Å². The van der Waals surface area contributed by atoms with E-state index in [-0.39, 0.29) is 6.04 Å². The number of rotatable bonds is 9. The summed E-state index contributed by atoms with van der Waals surface area (Å²) in [6.45, 7) is 3.91. The third-order valence-electron chi connectivity index (χ3n) is 3.69. The molecule has 0 saturated carbocycles. The first kappa shape index (κ1) is 17.3. The number of hydrazine groups is 1. The van der Waals surface area contributed by atoms with Crippen LogP contribution in [0.25, 0.3) is 0 Å². The summed E-state index contributed by atoms with van der Waals surface area (Å²) in [4.78, 5) is 4.45. The van der Waals surface area contributed by atoms with E-state index in [0.29, 0.717) is 0 Å². The Morgan fingerprint density at radius 2 is 1.91 bits per heavy atom. The highest BCUT2D eigenvalue weighted by Gasteiger charge is 2.07. The van der Waals surface area contributed by atoms with Gasteiger partial charge < -0.3 is 5.32 Å². The van der Waals surface area contributed by atoms with Crippen molar-refractivity contribution < 1.29 is 0 Å². The highest BCUT2D eigenvalue weighted by molar-refractivity contribution is 5.28. The normalized spacial score (nSPS) is 12.6. The van der Waals surface area contributed by atoms with Crippen LogP contribution in [0.2, 0.25) is 0 Å². The summed E-state index contributed by atoms with van der Waals surface area (Å²) in [5, 5.41) is 3.12. The van der Waals surface area contributed by atoms with Gasteiger partial charge in [-0.05, 0) is 43.7 Å². The van der Waals surface area contributed by atoms with Gasteiger partial charge in [0.05, 0.1) is 11.7 Å². The number of hydrogen-bond donors (Lipinski definition) is 3. The standard InChI is InChI=1S/C19H26N4/c1-16-8-3-4-9-17(16)10-7-12-19(23-22-15-14-20-2)18-11-5-6-13-21-18/h3-9,11-13,19-20,22-23H,10,14-15H2,1-2H3/b12-7+. The molecule has 0 aliphatic heterocycles. The number of pyridine rings is 1. The first-order valence-electron chi connectivity index (χ1n) is 8.06. The van der Waals surface area contributed by atoms with E-state index in [1.807, 2.05) is 31.4 Å². The molecule has 1 aromatic heterocycles. The van der Waals surface area contributed by atoms with Crippen molar-refractivity contribution in [3.8, 4) is 0 Å². The molecule has 4 heteroatoms. The van der Waals surface area contributed by atoms with Crippen LogP contribution in [0.1, 0.15) is 22.9 Å². The van der Waals surface area contributed by atoms with Gasteiger partial charge in [0.2, 0.25) is 0 Å². The highest BCUT2D eigenvalue weighted by Crippen LogP contribution is 2.13. The highest BCUT2D eigenvalue weighted by atomic mass is 15.4. The fraction of sp³-hybridized carbons (Fsp3) is 0.316. The van der Waals surface area contributed by atoms with Crippen LogP contribution in [0.5, 0.6) is 0 Å². The van der Waals surface area contributed by atoms with Crippen LogP contribution < -0.4 is 16.2 Å². The second-order valence-corrected chi connectivity index (χ2v) is 5.47. The second-order valence-electron chi connectivity index (χ2n) is 5.47. The van der Waals surface area contributed by atoms with E-state index in [1.54, 1.807) is 0 Å². The number of benzene rings is 1. The van der Waals surface area contributed by atoms with Gasteiger partial charge in [-0.3, -0.25) is 10.4 Å². The molecule has 0 aliphatic carbocycles. The molecule has 1 atom stereocenters. The number of aryl methyl sites for hydroxylation is 1. The number of hydrogen-bond acceptors (Lipinski definition) is 4. The SMILES string of the molecule is CNCCNNC(/C=C/Cc1ccccc1C)c1ccccn1. The van der Waals surface area contributed by atoms with Crippen molar-refractivity contribution in [1.82, 2.24) is 21.2 Å². The van der Waals surface area contributed by atoms with E-state index < -0.39 is 0 Å². The molecule has 0 saturated heterocycles. The molecule has 0 amide bonds. The maximum absolute atomic E-state index is 4.45. The minimum Gasteiger partial charge on any atom is -0.318 e. The minimum absolute atomic E-state index is 0.0528. The molecular formula is C19H26N4. The van der Waals surface area contributed by atoms with E-state index in [4.69, 9.17) is 0 Å². The molecule has 0 fully saturated rings. The fourth-order valence-electron chi connectivity index (χ4n) is 2.32. The van der Waals surface area contributed by atoms with Gasteiger partial charge in [-0.2, -0.15) is 0 Å². The molecular weight excluding hydrogens is 284 g/mol. The van der Waals surface area contributed by atoms with Gasteiger partial charge in [0.1, 0.15) is 0 Å². The molecule has 23 heavy (non-hydrogen) atoms. The van der Waals surface area contributed by atoms with Crippen LogP contribution in [0.3, 0.4) is 0 Å². The molecule has 1 heterocycles. The van der Waals surface area contributed by atoms with Crippen LogP contribution in [-0.2, 0) is 6.42 Å². The number of aromatic nitrogens is 1. The van der Waals surface area contributed by atoms with Crippen LogP contribution in [-0.4, -0.2) is 25.1 Å². The molecule has 0 aliphatic rings. The van der Waals surface area contributed by atoms with E-state index in [2.05, 4.69) is 64.5 Å². The van der Waals surface area contributed by atoms with Gasteiger partial charge in [-0.15, -0.1) is 0 Å². The van der Waals surface area contributed by atoms with Gasteiger partial charge in [0, 0.05) is 19.3 Å². The van der Waals surface area contributed by atoms with Crippen LogP contribution in [0.15, 0.2) is 60.8 Å². The van der Waals surface area contributed by atoms with Crippen molar-refractivity contribution in [3.63, 3.8) is 0 Å². The van der Waals surface area contributed by atoms with Crippen molar-refractivity contribution in [2.75, 3.05) is 20.1 Å². The van der Waals surface area contributed by atoms with E-state index in [0.717, 1.165) is 25.2 Å². The fourth-order valence-corrected chi connectivity index (χ4v) is 2.32. The van der Waals surface area contributed by atoms with Crippen LogP contribution in [0.4, 0.5) is 0 Å². The van der Waals surface area contributed by atoms with Gasteiger partial charge in [-0.1, -0.05) is 42.5 Å². The summed E-state index contributed by atoms with van der Waals surface area (Å²) in [5.74, 6) is 0. The molecule has 1 unspecified atom stereocenters. The predicted molar refractivity (Wildman–Crippen MR) is 96.1 cm³/mol. The Morgan fingerprint density at radius 1 is 1.09 bits per heavy atom. The van der Waals surface area contributed by atoms with Crippen molar-refractivity contribution in [3.05, 3.63) is 77.6 Å². The Morgan fingerprint density at radius 3 is 2.65 bits per heavy atom. The summed E-state index contributed by atoms with van der Waals surface area (Å²) in [6, 6.07) is 14.5. The molecule has 122 valence electrons. The Bertz CT molecular complexity index is 595. The van der Waals surface area contributed by atoms with Crippen LogP contribution >= 0.6 is 0 Å². The molecule has 2 rings (SSSR count). The number of nitrogens with zero attached hydrogens (tertiary/aromatic N) is 1. The molecule has 0 radical (unpaired) electrons. The lowest BCUT2D eigenvalue weighted by molar-refractivity contribution is 0.479. The van der Waals surface area contributed by atoms with Crippen molar-refractivity contribution in [2.45, 2.75) is 19.4 Å². The Labute approximate surface area is 139 Å². The lowest BCUT2D eigenvalue weighted by Crippen LogP contribution is -2.38. The zero-order chi connectivity index (χ0) is 16.3. The molecule has 2 aromatic rings. The Hall–Kier alpha value is -2.01. The first-order chi connectivity index (χ1) is 11.3. The summed E-state index contributed by atoms with van der Waals surface area (Å²) < 4.78 is 0. The third kappa shape index (κ3) is 5.94. The second kappa shape index (κ2) is 9.90. The summed E-state index contributed by atoms with van der Waals surface area (Å²) in [5.41, 5.74) is 10.3. The minimum atomic E-state index is 0.0528. The number of likely N-dealkylation sites (N-methyl/N-ethyl adjacent to an activating group) is 1.